The van der Waals surface area contributed by atoms with Gasteiger partial charge in [-0.2, -0.15) is 0 Å². The van der Waals surface area contributed by atoms with E-state index in [4.69, 9.17) is 0 Å². The average molecular weight is 153 g/mol. The van der Waals surface area contributed by atoms with Crippen molar-refractivity contribution in [3.63, 3.8) is 0 Å². The second-order valence-electron chi connectivity index (χ2n) is 4.33. The maximum absolute atomic E-state index is 2.67. The molecule has 1 atom stereocenters. The zero-order valence-corrected chi connectivity index (χ0v) is 7.77. The summed E-state index contributed by atoms with van der Waals surface area (Å²) in [7, 11) is 0. The second-order valence-corrected chi connectivity index (χ2v) is 4.33. The molecule has 0 unspecified atom stereocenters. The molecule has 1 saturated heterocycles. The van der Waals surface area contributed by atoms with Crippen LogP contribution in [0.15, 0.2) is 0 Å². The third-order valence-electron chi connectivity index (χ3n) is 3.56. The Kier molecular flexibility index (Phi) is 1.71. The van der Waals surface area contributed by atoms with Gasteiger partial charge in [0.15, 0.2) is 0 Å². The minimum Gasteiger partial charge on any atom is -0.300 e. The quantitative estimate of drug-likeness (QED) is 0.588. The van der Waals surface area contributed by atoms with Crippen molar-refractivity contribution in [1.82, 2.24) is 4.90 Å². The standard InChI is InChI=1S/C10H19N/c1-3-9-7-10(5-6-10)8-11(9)4-2/h9H,3-8H2,1-2H3/t9-/m1/s1. The van der Waals surface area contributed by atoms with Gasteiger partial charge < -0.3 is 4.90 Å². The molecule has 1 aliphatic heterocycles. The number of rotatable bonds is 2. The van der Waals surface area contributed by atoms with Crippen LogP contribution in [0.4, 0.5) is 0 Å². The van der Waals surface area contributed by atoms with Crippen LogP contribution in [0.3, 0.4) is 0 Å². The van der Waals surface area contributed by atoms with Gasteiger partial charge in [-0.25, -0.2) is 0 Å². The predicted octanol–water partition coefficient (Wildman–Crippen LogP) is 2.27. The Hall–Kier alpha value is -0.0400. The molecule has 0 aromatic carbocycles. The highest BCUT2D eigenvalue weighted by atomic mass is 15.2. The van der Waals surface area contributed by atoms with E-state index in [2.05, 4.69) is 18.7 Å². The van der Waals surface area contributed by atoms with Crippen LogP contribution in [0.2, 0.25) is 0 Å². The van der Waals surface area contributed by atoms with Crippen LogP contribution in [0.1, 0.15) is 39.5 Å². The molecular weight excluding hydrogens is 134 g/mol. The SMILES string of the molecule is CC[C@@H]1CC2(CC2)CN1CC. The molecule has 0 bridgehead atoms. The summed E-state index contributed by atoms with van der Waals surface area (Å²) >= 11 is 0. The fraction of sp³-hybridized carbons (Fsp3) is 1.00. The topological polar surface area (TPSA) is 3.24 Å². The van der Waals surface area contributed by atoms with Gasteiger partial charge in [0.25, 0.3) is 0 Å². The third kappa shape index (κ3) is 1.20. The fourth-order valence-electron chi connectivity index (χ4n) is 2.56. The molecule has 0 aromatic heterocycles. The maximum Gasteiger partial charge on any atom is 0.00985 e. The third-order valence-corrected chi connectivity index (χ3v) is 3.56. The van der Waals surface area contributed by atoms with Gasteiger partial charge in [0.1, 0.15) is 0 Å². The van der Waals surface area contributed by atoms with Crippen molar-refractivity contribution in [3.8, 4) is 0 Å². The lowest BCUT2D eigenvalue weighted by Gasteiger charge is -2.20. The molecule has 64 valence electrons. The van der Waals surface area contributed by atoms with Crippen molar-refractivity contribution in [3.05, 3.63) is 0 Å². The van der Waals surface area contributed by atoms with Gasteiger partial charge in [-0.1, -0.05) is 13.8 Å². The lowest BCUT2D eigenvalue weighted by Crippen LogP contribution is -2.28. The largest absolute Gasteiger partial charge is 0.300 e. The molecule has 2 aliphatic rings. The molecule has 1 heteroatoms. The first-order valence-electron chi connectivity index (χ1n) is 5.04. The highest BCUT2D eigenvalue weighted by Crippen LogP contribution is 2.55. The van der Waals surface area contributed by atoms with Gasteiger partial charge >= 0.3 is 0 Å². The normalized spacial score (nSPS) is 34.9. The van der Waals surface area contributed by atoms with Crippen molar-refractivity contribution >= 4 is 0 Å². The maximum atomic E-state index is 2.67. The van der Waals surface area contributed by atoms with E-state index in [0.717, 1.165) is 11.5 Å². The molecule has 0 amide bonds. The monoisotopic (exact) mass is 153 g/mol. The summed E-state index contributed by atoms with van der Waals surface area (Å²) in [6, 6.07) is 0.919. The van der Waals surface area contributed by atoms with E-state index in [1.54, 1.807) is 0 Å². The van der Waals surface area contributed by atoms with Gasteiger partial charge in [0.2, 0.25) is 0 Å². The van der Waals surface area contributed by atoms with Crippen molar-refractivity contribution in [2.45, 2.75) is 45.6 Å². The molecule has 11 heavy (non-hydrogen) atoms. The van der Waals surface area contributed by atoms with Crippen molar-refractivity contribution in [1.29, 1.82) is 0 Å². The Morgan fingerprint density at radius 1 is 1.36 bits per heavy atom. The summed E-state index contributed by atoms with van der Waals surface area (Å²) in [6.45, 7) is 7.29. The Labute approximate surface area is 69.8 Å². The fourth-order valence-corrected chi connectivity index (χ4v) is 2.56. The Balaban J connectivity index is 1.99. The Morgan fingerprint density at radius 2 is 2.09 bits per heavy atom. The summed E-state index contributed by atoms with van der Waals surface area (Å²) in [5, 5.41) is 0. The first kappa shape index (κ1) is 7.60. The molecule has 0 aromatic rings. The van der Waals surface area contributed by atoms with E-state index >= 15 is 0 Å². The van der Waals surface area contributed by atoms with E-state index in [1.165, 1.54) is 38.8 Å². The molecule has 1 aliphatic carbocycles. The zero-order valence-electron chi connectivity index (χ0n) is 7.77. The van der Waals surface area contributed by atoms with Crippen molar-refractivity contribution in [2.75, 3.05) is 13.1 Å². The highest BCUT2D eigenvalue weighted by Gasteiger charge is 2.50. The Bertz CT molecular complexity index is 135. The van der Waals surface area contributed by atoms with Gasteiger partial charge in [0.05, 0.1) is 0 Å². The van der Waals surface area contributed by atoms with Crippen LogP contribution in [-0.2, 0) is 0 Å². The lowest BCUT2D eigenvalue weighted by molar-refractivity contribution is 0.257. The van der Waals surface area contributed by atoms with Crippen LogP contribution in [-0.4, -0.2) is 24.0 Å². The van der Waals surface area contributed by atoms with Crippen LogP contribution < -0.4 is 0 Å². The van der Waals surface area contributed by atoms with Crippen LogP contribution in [0.5, 0.6) is 0 Å². The van der Waals surface area contributed by atoms with E-state index in [1.807, 2.05) is 0 Å². The van der Waals surface area contributed by atoms with E-state index in [9.17, 15) is 0 Å². The summed E-state index contributed by atoms with van der Waals surface area (Å²) in [5.74, 6) is 0. The summed E-state index contributed by atoms with van der Waals surface area (Å²) in [6.07, 6.45) is 5.88. The second kappa shape index (κ2) is 2.48. The number of likely N-dealkylation sites (tertiary alicyclic amines) is 1. The van der Waals surface area contributed by atoms with E-state index in [0.29, 0.717) is 0 Å². The van der Waals surface area contributed by atoms with Gasteiger partial charge in [-0.05, 0) is 37.6 Å². The smallest absolute Gasteiger partial charge is 0.00985 e. The van der Waals surface area contributed by atoms with Crippen LogP contribution in [0.25, 0.3) is 0 Å². The van der Waals surface area contributed by atoms with Gasteiger partial charge in [-0.15, -0.1) is 0 Å². The Morgan fingerprint density at radius 3 is 2.45 bits per heavy atom. The van der Waals surface area contributed by atoms with Gasteiger partial charge in [-0.3, -0.25) is 0 Å². The summed E-state index contributed by atoms with van der Waals surface area (Å²) < 4.78 is 0. The van der Waals surface area contributed by atoms with E-state index in [-0.39, 0.29) is 0 Å². The highest BCUT2D eigenvalue weighted by molar-refractivity contribution is 5.03. The molecule has 0 radical (unpaired) electrons. The van der Waals surface area contributed by atoms with Gasteiger partial charge in [0, 0.05) is 12.6 Å². The molecule has 1 saturated carbocycles. The van der Waals surface area contributed by atoms with E-state index < -0.39 is 0 Å². The van der Waals surface area contributed by atoms with Crippen LogP contribution >= 0.6 is 0 Å². The summed E-state index contributed by atoms with van der Waals surface area (Å²) in [4.78, 5) is 2.67. The number of nitrogens with zero attached hydrogens (tertiary/aromatic N) is 1. The molecule has 2 rings (SSSR count). The minimum atomic E-state index is 0.816. The summed E-state index contributed by atoms with van der Waals surface area (Å²) in [5.41, 5.74) is 0.816. The first-order valence-corrected chi connectivity index (χ1v) is 5.04. The first-order chi connectivity index (χ1) is 5.29. The van der Waals surface area contributed by atoms with Crippen molar-refractivity contribution < 1.29 is 0 Å². The molecule has 1 nitrogen and oxygen atoms in total. The zero-order chi connectivity index (χ0) is 7.90. The molecule has 1 spiro atoms. The number of hydrogen-bond acceptors (Lipinski definition) is 1. The molecule has 0 N–H and O–H groups in total. The minimum absolute atomic E-state index is 0.816. The van der Waals surface area contributed by atoms with Crippen molar-refractivity contribution in [2.24, 2.45) is 5.41 Å². The molecule has 1 heterocycles. The van der Waals surface area contributed by atoms with Crippen LogP contribution in [0, 0.1) is 5.41 Å². The lowest BCUT2D eigenvalue weighted by atomic mass is 10.0. The predicted molar refractivity (Wildman–Crippen MR) is 47.6 cm³/mol. The average Bonchev–Trinajstić information content (AvgIpc) is 2.64. The number of hydrogen-bond donors (Lipinski definition) is 0. The molecule has 2 fully saturated rings. The molecular formula is C10H19N.